The highest BCUT2D eigenvalue weighted by molar-refractivity contribution is 5.79. The minimum Gasteiger partial charge on any atom is -0.444 e. The molecule has 2 aromatic rings. The number of hydrogen-bond donors (Lipinski definition) is 3. The van der Waals surface area contributed by atoms with Gasteiger partial charge in [-0.1, -0.05) is 6.07 Å². The highest BCUT2D eigenvalue weighted by Gasteiger charge is 2.15. The Balaban J connectivity index is 1.86. The Morgan fingerprint density at radius 3 is 2.47 bits per heavy atom. The first-order valence-corrected chi connectivity index (χ1v) is 10.2. The van der Waals surface area contributed by atoms with Crippen LogP contribution in [0.25, 0.3) is 5.82 Å². The molecular weight excluding hydrogens is 382 g/mol. The topological polar surface area (TPSA) is 105 Å². The number of carbonyl (C=O) groups excluding carboxylic acids is 1. The number of hydrogen-bond acceptors (Lipinski definition) is 5. The molecule has 0 bridgehead atoms. The number of nitrogens with zero attached hydrogens (tertiary/aromatic N) is 4. The maximum absolute atomic E-state index is 11.7. The van der Waals surface area contributed by atoms with Crippen molar-refractivity contribution in [3.05, 3.63) is 41.3 Å². The van der Waals surface area contributed by atoms with Gasteiger partial charge in [-0.3, -0.25) is 0 Å². The number of amides is 1. The fourth-order valence-electron chi connectivity index (χ4n) is 2.67. The zero-order chi connectivity index (χ0) is 22.1. The third-order valence-electron chi connectivity index (χ3n) is 3.89. The lowest BCUT2D eigenvalue weighted by atomic mass is 10.2. The first-order valence-electron chi connectivity index (χ1n) is 10.2. The maximum Gasteiger partial charge on any atom is 0.407 e. The van der Waals surface area contributed by atoms with Crippen molar-refractivity contribution in [2.24, 2.45) is 4.99 Å². The number of guanidine groups is 1. The van der Waals surface area contributed by atoms with Gasteiger partial charge in [-0.25, -0.2) is 19.5 Å². The molecule has 2 heterocycles. The lowest BCUT2D eigenvalue weighted by Gasteiger charge is -2.19. The second-order valence-electron chi connectivity index (χ2n) is 7.91. The van der Waals surface area contributed by atoms with Crippen LogP contribution in [0.3, 0.4) is 0 Å². The molecule has 3 N–H and O–H groups in total. The molecule has 9 nitrogen and oxygen atoms in total. The molecule has 0 aliphatic heterocycles. The summed E-state index contributed by atoms with van der Waals surface area (Å²) in [7, 11) is 0. The van der Waals surface area contributed by atoms with Crippen molar-refractivity contribution >= 4 is 12.1 Å². The lowest BCUT2D eigenvalue weighted by Crippen LogP contribution is -2.42. The summed E-state index contributed by atoms with van der Waals surface area (Å²) in [5, 5.41) is 13.5. The molecule has 0 fully saturated rings. The number of aliphatic imine (C=N–C) groups is 1. The van der Waals surface area contributed by atoms with Gasteiger partial charge in [0.2, 0.25) is 0 Å². The Hall–Kier alpha value is -3.10. The van der Waals surface area contributed by atoms with E-state index in [1.807, 2.05) is 70.6 Å². The van der Waals surface area contributed by atoms with Gasteiger partial charge in [0.25, 0.3) is 0 Å². The molecule has 0 radical (unpaired) electrons. The molecular formula is C21H33N7O2. The van der Waals surface area contributed by atoms with Crippen LogP contribution in [0.4, 0.5) is 4.79 Å². The number of aryl methyl sites for hydroxylation is 2. The van der Waals surface area contributed by atoms with Crippen LogP contribution in [0.15, 0.2) is 29.4 Å². The molecule has 1 amide bonds. The number of aromatic nitrogens is 3. The van der Waals surface area contributed by atoms with E-state index < -0.39 is 11.7 Å². The molecule has 0 aliphatic rings. The van der Waals surface area contributed by atoms with Gasteiger partial charge in [0, 0.05) is 31.5 Å². The zero-order valence-corrected chi connectivity index (χ0v) is 18.7. The Labute approximate surface area is 178 Å². The van der Waals surface area contributed by atoms with E-state index in [1.165, 1.54) is 0 Å². The van der Waals surface area contributed by atoms with E-state index in [2.05, 4.69) is 31.0 Å². The van der Waals surface area contributed by atoms with Crippen LogP contribution in [-0.4, -0.2) is 52.1 Å². The molecule has 0 unspecified atom stereocenters. The maximum atomic E-state index is 11.7. The Kier molecular flexibility index (Phi) is 8.20. The van der Waals surface area contributed by atoms with Crippen LogP contribution >= 0.6 is 0 Å². The van der Waals surface area contributed by atoms with Gasteiger partial charge in [0.1, 0.15) is 5.60 Å². The summed E-state index contributed by atoms with van der Waals surface area (Å²) >= 11 is 0. The quantitative estimate of drug-likeness (QED) is 0.364. The van der Waals surface area contributed by atoms with Gasteiger partial charge in [0.05, 0.1) is 12.2 Å². The van der Waals surface area contributed by atoms with Gasteiger partial charge < -0.3 is 20.7 Å². The molecule has 30 heavy (non-hydrogen) atoms. The molecule has 2 rings (SSSR count). The van der Waals surface area contributed by atoms with Crippen LogP contribution in [0, 0.1) is 13.8 Å². The number of carbonyl (C=O) groups is 1. The highest BCUT2D eigenvalue weighted by Crippen LogP contribution is 2.10. The van der Waals surface area contributed by atoms with Crippen molar-refractivity contribution in [3.63, 3.8) is 0 Å². The molecule has 164 valence electrons. The third kappa shape index (κ3) is 7.73. The van der Waals surface area contributed by atoms with E-state index in [4.69, 9.17) is 4.74 Å². The summed E-state index contributed by atoms with van der Waals surface area (Å²) in [4.78, 5) is 20.7. The molecule has 9 heteroatoms. The first-order chi connectivity index (χ1) is 14.2. The zero-order valence-electron chi connectivity index (χ0n) is 18.7. The largest absolute Gasteiger partial charge is 0.444 e. The van der Waals surface area contributed by atoms with Crippen molar-refractivity contribution in [2.75, 3.05) is 19.6 Å². The fourth-order valence-corrected chi connectivity index (χ4v) is 2.67. The summed E-state index contributed by atoms with van der Waals surface area (Å²) in [6, 6.07) is 5.96. The highest BCUT2D eigenvalue weighted by atomic mass is 16.6. The van der Waals surface area contributed by atoms with Crippen molar-refractivity contribution in [1.29, 1.82) is 0 Å². The minimum atomic E-state index is -0.508. The average Bonchev–Trinajstić information content (AvgIpc) is 3.00. The normalized spacial score (nSPS) is 11.9. The molecule has 0 atom stereocenters. The third-order valence-corrected chi connectivity index (χ3v) is 3.89. The van der Waals surface area contributed by atoms with Crippen LogP contribution < -0.4 is 16.0 Å². The summed E-state index contributed by atoms with van der Waals surface area (Å²) in [6.45, 7) is 13.6. The first kappa shape index (κ1) is 23.2. The summed E-state index contributed by atoms with van der Waals surface area (Å²) in [5.41, 5.74) is 2.49. The molecule has 2 aromatic heterocycles. The molecule has 0 spiro atoms. The fraction of sp³-hybridized carbons (Fsp3) is 0.524. The predicted molar refractivity (Wildman–Crippen MR) is 118 cm³/mol. The van der Waals surface area contributed by atoms with Gasteiger partial charge in [0.15, 0.2) is 11.8 Å². The smallest absolute Gasteiger partial charge is 0.407 e. The van der Waals surface area contributed by atoms with E-state index in [-0.39, 0.29) is 0 Å². The molecule has 0 saturated carbocycles. The number of nitrogens with one attached hydrogen (secondary N) is 3. The Bertz CT molecular complexity index is 851. The summed E-state index contributed by atoms with van der Waals surface area (Å²) < 4.78 is 7.04. The van der Waals surface area contributed by atoms with Gasteiger partial charge in [-0.05, 0) is 59.2 Å². The van der Waals surface area contributed by atoms with E-state index >= 15 is 0 Å². The van der Waals surface area contributed by atoms with Crippen LogP contribution in [0.1, 0.15) is 44.6 Å². The number of alkyl carbamates (subject to hydrolysis) is 1. The molecule has 0 saturated heterocycles. The number of ether oxygens (including phenoxy) is 1. The van der Waals surface area contributed by atoms with Crippen molar-refractivity contribution in [1.82, 2.24) is 30.7 Å². The van der Waals surface area contributed by atoms with E-state index in [9.17, 15) is 4.79 Å². The second-order valence-corrected chi connectivity index (χ2v) is 7.91. The average molecular weight is 416 g/mol. The van der Waals surface area contributed by atoms with Gasteiger partial charge in [-0.15, -0.1) is 0 Å². The molecule has 0 aliphatic carbocycles. The SMILES string of the molecule is CCNC(=NCc1ccc(-n2nc(C)cc2C)nc1)NCCNC(=O)OC(C)(C)C. The van der Waals surface area contributed by atoms with E-state index in [1.54, 1.807) is 0 Å². The van der Waals surface area contributed by atoms with Crippen LogP contribution in [0.5, 0.6) is 0 Å². The summed E-state index contributed by atoms with van der Waals surface area (Å²) in [5.74, 6) is 1.46. The van der Waals surface area contributed by atoms with Crippen molar-refractivity contribution in [2.45, 2.75) is 53.7 Å². The number of pyridine rings is 1. The standard InChI is InChI=1S/C21H33N7O2/c1-7-22-19(23-10-11-24-20(29)30-21(4,5)6)26-14-17-8-9-18(25-13-17)28-16(3)12-15(2)27-28/h8-9,12-13H,7,10-11,14H2,1-6H3,(H,24,29)(H2,22,23,26). The van der Waals surface area contributed by atoms with E-state index in [0.29, 0.717) is 25.6 Å². The second kappa shape index (κ2) is 10.6. The lowest BCUT2D eigenvalue weighted by molar-refractivity contribution is 0.0529. The van der Waals surface area contributed by atoms with Crippen molar-refractivity contribution < 1.29 is 9.53 Å². The number of rotatable bonds is 7. The minimum absolute atomic E-state index is 0.429. The van der Waals surface area contributed by atoms with Crippen LogP contribution in [-0.2, 0) is 11.3 Å². The predicted octanol–water partition coefficient (Wildman–Crippen LogP) is 2.46. The van der Waals surface area contributed by atoms with Crippen LogP contribution in [0.2, 0.25) is 0 Å². The van der Waals surface area contributed by atoms with Crippen molar-refractivity contribution in [3.8, 4) is 5.82 Å². The molecule has 0 aromatic carbocycles. The van der Waals surface area contributed by atoms with Gasteiger partial charge in [-0.2, -0.15) is 5.10 Å². The Morgan fingerprint density at radius 2 is 1.90 bits per heavy atom. The Morgan fingerprint density at radius 1 is 1.17 bits per heavy atom. The van der Waals surface area contributed by atoms with Gasteiger partial charge >= 0.3 is 6.09 Å². The monoisotopic (exact) mass is 415 g/mol. The summed E-state index contributed by atoms with van der Waals surface area (Å²) in [6.07, 6.45) is 1.38. The van der Waals surface area contributed by atoms with E-state index in [0.717, 1.165) is 29.3 Å².